The fourth-order valence-corrected chi connectivity index (χ4v) is 9.26. The topological polar surface area (TPSA) is 133 Å². The number of rotatable bonds is 4. The first kappa shape index (κ1) is 28.3. The number of nitrogens with one attached hydrogen (secondary N) is 1. The van der Waals surface area contributed by atoms with Gasteiger partial charge in [0.2, 0.25) is 5.91 Å². The SMILES string of the molecule is CC(=O)OC1C2C(CC(C)C(O)(C(C)=O)C2O)C(Cl)C2C(O)C(C)=C(C)C3C(Cc4ccccc4)NC(=O)C132. The number of alkyl halides is 1. The van der Waals surface area contributed by atoms with Crippen molar-refractivity contribution in [3.63, 3.8) is 0 Å². The van der Waals surface area contributed by atoms with E-state index in [0.717, 1.165) is 16.7 Å². The van der Waals surface area contributed by atoms with E-state index in [0.29, 0.717) is 6.42 Å². The summed E-state index contributed by atoms with van der Waals surface area (Å²) in [6.07, 6.45) is -3.18. The minimum Gasteiger partial charge on any atom is -0.461 e. The molecule has 1 aromatic rings. The maximum absolute atomic E-state index is 14.3. The summed E-state index contributed by atoms with van der Waals surface area (Å²) < 4.78 is 5.99. The zero-order valence-corrected chi connectivity index (χ0v) is 23.7. The van der Waals surface area contributed by atoms with E-state index in [1.54, 1.807) is 6.92 Å². The number of benzene rings is 1. The highest BCUT2D eigenvalue weighted by molar-refractivity contribution is 6.21. The molecule has 1 saturated heterocycles. The molecule has 4 N–H and O–H groups in total. The molecule has 0 radical (unpaired) electrons. The van der Waals surface area contributed by atoms with Gasteiger partial charge in [-0.15, -0.1) is 11.6 Å². The Hall–Kier alpha value is -2.26. The maximum atomic E-state index is 14.3. The molecule has 0 aromatic heterocycles. The van der Waals surface area contributed by atoms with Gasteiger partial charge in [-0.1, -0.05) is 42.8 Å². The quantitative estimate of drug-likeness (QED) is 0.252. The highest BCUT2D eigenvalue weighted by Crippen LogP contribution is 2.66. The van der Waals surface area contributed by atoms with Crippen LogP contribution in [0.2, 0.25) is 0 Å². The van der Waals surface area contributed by atoms with Crippen LogP contribution in [0.4, 0.5) is 0 Å². The lowest BCUT2D eigenvalue weighted by molar-refractivity contribution is -0.241. The summed E-state index contributed by atoms with van der Waals surface area (Å²) in [6.45, 7) is 7.87. The molecule has 1 aliphatic heterocycles. The van der Waals surface area contributed by atoms with Gasteiger partial charge < -0.3 is 25.4 Å². The number of esters is 1. The van der Waals surface area contributed by atoms with Crippen LogP contribution < -0.4 is 5.32 Å². The Kier molecular flexibility index (Phi) is 7.02. The van der Waals surface area contributed by atoms with E-state index in [9.17, 15) is 29.7 Å². The summed E-state index contributed by atoms with van der Waals surface area (Å²) in [7, 11) is 0. The van der Waals surface area contributed by atoms with Crippen LogP contribution in [0, 0.1) is 35.0 Å². The average Bonchev–Trinajstić information content (AvgIpc) is 3.15. The van der Waals surface area contributed by atoms with Crippen LogP contribution >= 0.6 is 11.6 Å². The summed E-state index contributed by atoms with van der Waals surface area (Å²) in [4.78, 5) is 39.7. The summed E-state index contributed by atoms with van der Waals surface area (Å²) in [5.41, 5.74) is -1.07. The highest BCUT2D eigenvalue weighted by Gasteiger charge is 2.76. The van der Waals surface area contributed by atoms with Crippen molar-refractivity contribution in [1.29, 1.82) is 0 Å². The predicted octanol–water partition coefficient (Wildman–Crippen LogP) is 2.16. The molecule has 39 heavy (non-hydrogen) atoms. The molecule has 12 atom stereocenters. The number of carbonyl (C=O) groups is 3. The minimum atomic E-state index is -2.10. The van der Waals surface area contributed by atoms with Gasteiger partial charge >= 0.3 is 5.97 Å². The molecule has 3 fully saturated rings. The number of fused-ring (bicyclic) bond motifs is 1. The molecule has 0 bridgehead atoms. The van der Waals surface area contributed by atoms with Crippen molar-refractivity contribution in [3.05, 3.63) is 47.0 Å². The van der Waals surface area contributed by atoms with Crippen molar-refractivity contribution in [3.8, 4) is 0 Å². The van der Waals surface area contributed by atoms with Gasteiger partial charge in [0, 0.05) is 36.1 Å². The number of halogens is 1. The Morgan fingerprint density at radius 2 is 1.77 bits per heavy atom. The Morgan fingerprint density at radius 3 is 2.36 bits per heavy atom. The molecular formula is C30H38ClNO7. The average molecular weight is 560 g/mol. The van der Waals surface area contributed by atoms with E-state index in [-0.39, 0.29) is 6.42 Å². The van der Waals surface area contributed by atoms with E-state index in [1.165, 1.54) is 13.8 Å². The number of ketones is 1. The lowest BCUT2D eigenvalue weighted by atomic mass is 9.43. The molecule has 212 valence electrons. The van der Waals surface area contributed by atoms with Gasteiger partial charge in [-0.25, -0.2) is 0 Å². The molecule has 1 amide bonds. The van der Waals surface area contributed by atoms with Crippen molar-refractivity contribution in [2.24, 2.45) is 35.0 Å². The van der Waals surface area contributed by atoms with Gasteiger partial charge in [0.25, 0.3) is 0 Å². The number of ether oxygens (including phenoxy) is 1. The molecule has 12 unspecified atom stereocenters. The Balaban J connectivity index is 1.74. The fourth-order valence-electron chi connectivity index (χ4n) is 8.64. The normalized spacial score (nSPS) is 45.1. The van der Waals surface area contributed by atoms with Gasteiger partial charge in [-0.2, -0.15) is 0 Å². The summed E-state index contributed by atoms with van der Waals surface area (Å²) in [5, 5.41) is 37.3. The number of carbonyl (C=O) groups excluding carboxylic acids is 3. The third-order valence-corrected chi connectivity index (χ3v) is 11.1. The third-order valence-electron chi connectivity index (χ3n) is 10.5. The number of Topliss-reactive ketones (excluding diaryl/α,β-unsaturated/α-hetero) is 1. The van der Waals surface area contributed by atoms with Crippen LogP contribution in [0.3, 0.4) is 0 Å². The van der Waals surface area contributed by atoms with Crippen molar-refractivity contribution in [1.82, 2.24) is 5.32 Å². The van der Waals surface area contributed by atoms with Crippen LogP contribution in [-0.4, -0.2) is 68.3 Å². The van der Waals surface area contributed by atoms with Crippen molar-refractivity contribution < 1.29 is 34.4 Å². The minimum absolute atomic E-state index is 0.254. The van der Waals surface area contributed by atoms with Crippen molar-refractivity contribution in [2.45, 2.75) is 82.8 Å². The largest absolute Gasteiger partial charge is 0.461 e. The molecule has 4 aliphatic rings. The number of hydrogen-bond acceptors (Lipinski definition) is 7. The molecule has 8 nitrogen and oxygen atoms in total. The van der Waals surface area contributed by atoms with E-state index in [2.05, 4.69) is 5.32 Å². The lowest BCUT2D eigenvalue weighted by Gasteiger charge is -2.63. The Bertz CT molecular complexity index is 1220. The maximum Gasteiger partial charge on any atom is 0.302 e. The zero-order valence-electron chi connectivity index (χ0n) is 22.9. The highest BCUT2D eigenvalue weighted by atomic mass is 35.5. The Morgan fingerprint density at radius 1 is 1.13 bits per heavy atom. The molecule has 9 heteroatoms. The third kappa shape index (κ3) is 3.78. The molecular weight excluding hydrogens is 522 g/mol. The first-order valence-electron chi connectivity index (χ1n) is 13.7. The molecule has 5 rings (SSSR count). The van der Waals surface area contributed by atoms with E-state index < -0.39 is 88.0 Å². The molecule has 1 heterocycles. The Labute approximate surface area is 233 Å². The number of aliphatic hydroxyl groups is 3. The predicted molar refractivity (Wildman–Crippen MR) is 143 cm³/mol. The first-order valence-corrected chi connectivity index (χ1v) is 14.2. The lowest BCUT2D eigenvalue weighted by Crippen LogP contribution is -2.74. The van der Waals surface area contributed by atoms with Crippen LogP contribution in [0.25, 0.3) is 0 Å². The molecule has 3 aliphatic carbocycles. The van der Waals surface area contributed by atoms with E-state index >= 15 is 0 Å². The summed E-state index contributed by atoms with van der Waals surface area (Å²) >= 11 is 7.23. The van der Waals surface area contributed by atoms with Gasteiger partial charge in [0.05, 0.1) is 12.2 Å². The zero-order chi connectivity index (χ0) is 28.6. The van der Waals surface area contributed by atoms with Crippen LogP contribution in [0.5, 0.6) is 0 Å². The van der Waals surface area contributed by atoms with Crippen LogP contribution in [0.15, 0.2) is 41.5 Å². The fraction of sp³-hybridized carbons (Fsp3) is 0.633. The van der Waals surface area contributed by atoms with E-state index in [4.69, 9.17) is 16.3 Å². The monoisotopic (exact) mass is 559 g/mol. The molecule has 1 spiro atoms. The van der Waals surface area contributed by atoms with Crippen molar-refractivity contribution in [2.75, 3.05) is 0 Å². The second-order valence-electron chi connectivity index (χ2n) is 12.2. The first-order chi connectivity index (χ1) is 18.3. The smallest absolute Gasteiger partial charge is 0.302 e. The number of amides is 1. The summed E-state index contributed by atoms with van der Waals surface area (Å²) in [6, 6.07) is 9.32. The second-order valence-corrected chi connectivity index (χ2v) is 12.7. The van der Waals surface area contributed by atoms with Gasteiger partial charge in [0.1, 0.15) is 11.5 Å². The summed E-state index contributed by atoms with van der Waals surface area (Å²) in [5.74, 6) is -5.16. The second kappa shape index (κ2) is 9.68. The van der Waals surface area contributed by atoms with Crippen molar-refractivity contribution >= 4 is 29.3 Å². The van der Waals surface area contributed by atoms with Gasteiger partial charge in [-0.3, -0.25) is 14.4 Å². The number of aliphatic hydroxyl groups excluding tert-OH is 2. The molecule has 1 aromatic carbocycles. The van der Waals surface area contributed by atoms with Gasteiger partial charge in [-0.05, 0) is 56.6 Å². The van der Waals surface area contributed by atoms with E-state index in [1.807, 2.05) is 44.2 Å². The van der Waals surface area contributed by atoms with Crippen LogP contribution in [-0.2, 0) is 25.5 Å². The standard InChI is InChI=1S/C30H38ClNO7/c1-13-11-19-21(26(36)30(13,38)16(4)33)27(39-17(5)34)29-22(14(2)15(3)25(35)23(29)24(19)31)20(32-28(29)37)12-18-9-7-6-8-10-18/h6-10,13,19-27,35-36,38H,11-12H2,1-5H3,(H,32,37). The van der Waals surface area contributed by atoms with Gasteiger partial charge in [0.15, 0.2) is 11.4 Å². The van der Waals surface area contributed by atoms with Crippen LogP contribution in [0.1, 0.15) is 46.6 Å². The number of hydrogen-bond donors (Lipinski definition) is 4. The molecule has 2 saturated carbocycles.